The maximum Gasteiger partial charge on any atom is 0.317 e. The smallest absolute Gasteiger partial charge is 0.317 e. The van der Waals surface area contributed by atoms with Crippen LogP contribution in [0.5, 0.6) is 5.75 Å². The molecule has 6 nitrogen and oxygen atoms in total. The monoisotopic (exact) mass is 324 g/mol. The van der Waals surface area contributed by atoms with E-state index in [1.54, 1.807) is 13.0 Å². The fourth-order valence-electron chi connectivity index (χ4n) is 2.67. The quantitative estimate of drug-likeness (QED) is 0.891. The second-order valence-corrected chi connectivity index (χ2v) is 5.69. The van der Waals surface area contributed by atoms with Gasteiger partial charge in [0, 0.05) is 13.1 Å². The first kappa shape index (κ1) is 17.1. The number of carboxylic acid groups (broad SMARTS) is 1. The Morgan fingerprint density at radius 2 is 2.22 bits per heavy atom. The fraction of sp³-hybridized carbons (Fsp3) is 0.500. The van der Waals surface area contributed by atoms with Crippen LogP contribution in [0.2, 0.25) is 0 Å². The molecule has 0 radical (unpaired) electrons. The van der Waals surface area contributed by atoms with Gasteiger partial charge >= 0.3 is 12.0 Å². The summed E-state index contributed by atoms with van der Waals surface area (Å²) in [5, 5.41) is 11.8. The van der Waals surface area contributed by atoms with Gasteiger partial charge in [0.2, 0.25) is 0 Å². The third kappa shape index (κ3) is 4.12. The van der Waals surface area contributed by atoms with Crippen LogP contribution < -0.4 is 10.1 Å². The summed E-state index contributed by atoms with van der Waals surface area (Å²) >= 11 is 0. The van der Waals surface area contributed by atoms with Gasteiger partial charge in [-0.3, -0.25) is 4.79 Å². The number of carbonyl (C=O) groups is 2. The number of likely N-dealkylation sites (tertiary alicyclic amines) is 1. The SMILES string of the molecule is COc1ccc(C(C)NC(=O)N2CCCC(C(=O)O)C2)cc1F. The second-order valence-electron chi connectivity index (χ2n) is 5.69. The Bertz CT molecular complexity index is 593. The first-order chi connectivity index (χ1) is 10.9. The number of ether oxygens (including phenoxy) is 1. The molecule has 1 aromatic carbocycles. The van der Waals surface area contributed by atoms with Gasteiger partial charge < -0.3 is 20.1 Å². The third-order valence-corrected chi connectivity index (χ3v) is 4.07. The number of carboxylic acids is 1. The third-order valence-electron chi connectivity index (χ3n) is 4.07. The van der Waals surface area contributed by atoms with Gasteiger partial charge in [-0.15, -0.1) is 0 Å². The molecule has 2 N–H and O–H groups in total. The number of halogens is 1. The van der Waals surface area contributed by atoms with Crippen LogP contribution in [0.15, 0.2) is 18.2 Å². The summed E-state index contributed by atoms with van der Waals surface area (Å²) in [4.78, 5) is 24.8. The highest BCUT2D eigenvalue weighted by Crippen LogP contribution is 2.22. The molecular weight excluding hydrogens is 303 g/mol. The predicted molar refractivity (Wildman–Crippen MR) is 81.8 cm³/mol. The Balaban J connectivity index is 1.99. The number of amides is 2. The Labute approximate surface area is 134 Å². The van der Waals surface area contributed by atoms with E-state index in [-0.39, 0.29) is 18.3 Å². The normalized spacial score (nSPS) is 19.1. The maximum atomic E-state index is 13.7. The standard InChI is InChI=1S/C16H21FN2O4/c1-10(11-5-6-14(23-2)13(17)8-11)18-16(22)19-7-3-4-12(9-19)15(20)21/h5-6,8,10,12H,3-4,7,9H2,1-2H3,(H,18,22)(H,20,21). The summed E-state index contributed by atoms with van der Waals surface area (Å²) in [6.07, 6.45) is 1.24. The number of urea groups is 1. The van der Waals surface area contributed by atoms with Crippen molar-refractivity contribution in [3.05, 3.63) is 29.6 Å². The molecule has 0 bridgehead atoms. The van der Waals surface area contributed by atoms with E-state index < -0.39 is 23.7 Å². The molecule has 1 aliphatic rings. The summed E-state index contributed by atoms with van der Waals surface area (Å²) in [6.45, 7) is 2.47. The minimum Gasteiger partial charge on any atom is -0.494 e. The van der Waals surface area contributed by atoms with Crippen molar-refractivity contribution in [2.24, 2.45) is 5.92 Å². The van der Waals surface area contributed by atoms with E-state index in [4.69, 9.17) is 9.84 Å². The second kappa shape index (κ2) is 7.30. The van der Waals surface area contributed by atoms with Crippen molar-refractivity contribution >= 4 is 12.0 Å². The highest BCUT2D eigenvalue weighted by atomic mass is 19.1. The van der Waals surface area contributed by atoms with E-state index in [9.17, 15) is 14.0 Å². The number of hydrogen-bond donors (Lipinski definition) is 2. The van der Waals surface area contributed by atoms with Crippen molar-refractivity contribution < 1.29 is 23.8 Å². The molecule has 1 fully saturated rings. The van der Waals surface area contributed by atoms with Crippen LogP contribution in [0.1, 0.15) is 31.4 Å². The van der Waals surface area contributed by atoms with Crippen molar-refractivity contribution in [3.8, 4) is 5.75 Å². The van der Waals surface area contributed by atoms with Crippen molar-refractivity contribution in [2.45, 2.75) is 25.8 Å². The van der Waals surface area contributed by atoms with Crippen LogP contribution in [0.4, 0.5) is 9.18 Å². The summed E-state index contributed by atoms with van der Waals surface area (Å²) in [5.41, 5.74) is 0.614. The molecule has 7 heteroatoms. The zero-order chi connectivity index (χ0) is 17.0. The Morgan fingerprint density at radius 1 is 1.48 bits per heavy atom. The molecule has 2 amide bonds. The van der Waals surface area contributed by atoms with Crippen LogP contribution >= 0.6 is 0 Å². The van der Waals surface area contributed by atoms with Gasteiger partial charge in [0.1, 0.15) is 0 Å². The molecule has 1 aliphatic heterocycles. The number of hydrogen-bond acceptors (Lipinski definition) is 3. The Kier molecular flexibility index (Phi) is 5.41. The molecule has 126 valence electrons. The number of aliphatic carboxylic acids is 1. The molecule has 0 spiro atoms. The number of piperidine rings is 1. The van der Waals surface area contributed by atoms with E-state index >= 15 is 0 Å². The minimum atomic E-state index is -0.882. The molecule has 2 atom stereocenters. The molecule has 1 heterocycles. The van der Waals surface area contributed by atoms with Crippen LogP contribution in [-0.4, -0.2) is 42.2 Å². The lowest BCUT2D eigenvalue weighted by Gasteiger charge is -2.31. The lowest BCUT2D eigenvalue weighted by Crippen LogP contribution is -2.47. The average molecular weight is 324 g/mol. The number of nitrogens with zero attached hydrogens (tertiary/aromatic N) is 1. The molecule has 1 aromatic rings. The van der Waals surface area contributed by atoms with Crippen molar-refractivity contribution in [1.82, 2.24) is 10.2 Å². The first-order valence-electron chi connectivity index (χ1n) is 7.54. The van der Waals surface area contributed by atoms with Gasteiger partial charge in [0.25, 0.3) is 0 Å². The number of nitrogens with one attached hydrogen (secondary N) is 1. The summed E-state index contributed by atoms with van der Waals surface area (Å²) < 4.78 is 18.6. The fourth-order valence-corrected chi connectivity index (χ4v) is 2.67. The van der Waals surface area contributed by atoms with Gasteiger partial charge in [-0.05, 0) is 37.5 Å². The van der Waals surface area contributed by atoms with Gasteiger partial charge in [0.05, 0.1) is 19.1 Å². The van der Waals surface area contributed by atoms with Crippen LogP contribution in [-0.2, 0) is 4.79 Å². The lowest BCUT2D eigenvalue weighted by atomic mass is 9.98. The van der Waals surface area contributed by atoms with Gasteiger partial charge in [-0.2, -0.15) is 0 Å². The number of rotatable bonds is 4. The molecule has 0 saturated carbocycles. The molecule has 0 aliphatic carbocycles. The molecule has 1 saturated heterocycles. The molecule has 2 rings (SSSR count). The van der Waals surface area contributed by atoms with Crippen LogP contribution in [0.25, 0.3) is 0 Å². The highest BCUT2D eigenvalue weighted by Gasteiger charge is 2.28. The Morgan fingerprint density at radius 3 is 2.83 bits per heavy atom. The summed E-state index contributed by atoms with van der Waals surface area (Å²) in [6, 6.07) is 3.78. The topological polar surface area (TPSA) is 78.9 Å². The number of benzene rings is 1. The first-order valence-corrected chi connectivity index (χ1v) is 7.54. The summed E-state index contributed by atoms with van der Waals surface area (Å²) in [7, 11) is 1.39. The molecule has 0 aromatic heterocycles. The van der Waals surface area contributed by atoms with E-state index in [1.807, 2.05) is 0 Å². The van der Waals surface area contributed by atoms with Gasteiger partial charge in [0.15, 0.2) is 11.6 Å². The van der Waals surface area contributed by atoms with Gasteiger partial charge in [-0.1, -0.05) is 6.07 Å². The lowest BCUT2D eigenvalue weighted by molar-refractivity contribution is -0.143. The average Bonchev–Trinajstić information content (AvgIpc) is 2.54. The van der Waals surface area contributed by atoms with Crippen LogP contribution in [0.3, 0.4) is 0 Å². The predicted octanol–water partition coefficient (Wildman–Crippen LogP) is 2.40. The highest BCUT2D eigenvalue weighted by molar-refractivity contribution is 5.77. The molecular formula is C16H21FN2O4. The zero-order valence-corrected chi connectivity index (χ0v) is 13.2. The number of methoxy groups -OCH3 is 1. The minimum absolute atomic E-state index is 0.146. The molecule has 23 heavy (non-hydrogen) atoms. The van der Waals surface area contributed by atoms with E-state index in [0.29, 0.717) is 24.9 Å². The van der Waals surface area contributed by atoms with E-state index in [1.165, 1.54) is 24.1 Å². The van der Waals surface area contributed by atoms with E-state index in [2.05, 4.69) is 5.32 Å². The maximum absolute atomic E-state index is 13.7. The van der Waals surface area contributed by atoms with Crippen molar-refractivity contribution in [2.75, 3.05) is 20.2 Å². The summed E-state index contributed by atoms with van der Waals surface area (Å²) in [5.74, 6) is -1.75. The van der Waals surface area contributed by atoms with Gasteiger partial charge in [-0.25, -0.2) is 9.18 Å². The zero-order valence-electron chi connectivity index (χ0n) is 13.2. The van der Waals surface area contributed by atoms with Crippen molar-refractivity contribution in [1.29, 1.82) is 0 Å². The van der Waals surface area contributed by atoms with E-state index in [0.717, 1.165) is 0 Å². The molecule has 2 unspecified atom stereocenters. The van der Waals surface area contributed by atoms with Crippen molar-refractivity contribution in [3.63, 3.8) is 0 Å². The Hall–Kier alpha value is -2.31. The number of carbonyl (C=O) groups excluding carboxylic acids is 1. The van der Waals surface area contributed by atoms with Crippen LogP contribution in [0, 0.1) is 11.7 Å². The largest absolute Gasteiger partial charge is 0.494 e.